The van der Waals surface area contributed by atoms with Crippen LogP contribution in [0.25, 0.3) is 11.1 Å². The Hall–Kier alpha value is -0.400. The molecule has 0 aromatic heterocycles. The third kappa shape index (κ3) is 3.42. The molecule has 30 heavy (non-hydrogen) atoms. The summed E-state index contributed by atoms with van der Waals surface area (Å²) in [6.07, 6.45) is 0. The Balaban J connectivity index is 0.00000256. The largest absolute Gasteiger partial charge is 0.118 e. The first kappa shape index (κ1) is 24.2. The maximum atomic E-state index is 7.66. The third-order valence-electron chi connectivity index (χ3n) is 6.45. The second-order valence-electron chi connectivity index (χ2n) is 8.92. The Bertz CT molecular complexity index is 969. The van der Waals surface area contributed by atoms with Gasteiger partial charge in [-0.05, 0) is 70.2 Å². The summed E-state index contributed by atoms with van der Waals surface area (Å²) in [6.45, 7) is 13.4. The van der Waals surface area contributed by atoms with Gasteiger partial charge in [0.2, 0.25) is 0 Å². The van der Waals surface area contributed by atoms with Crippen LogP contribution in [-0.4, -0.2) is 9.52 Å². The molecule has 0 heterocycles. The number of halogens is 2. The van der Waals surface area contributed by atoms with Crippen LogP contribution >= 0.6 is 23.2 Å². The summed E-state index contributed by atoms with van der Waals surface area (Å²) < 4.78 is -1.15. The predicted octanol–water partition coefficient (Wildman–Crippen LogP) is 7.76. The Labute approximate surface area is 213 Å². The van der Waals surface area contributed by atoms with E-state index in [1.807, 2.05) is 0 Å². The molecule has 2 radical (unpaired) electrons. The van der Waals surface area contributed by atoms with Crippen molar-refractivity contribution in [1.29, 1.82) is 0 Å². The molecule has 4 rings (SSSR count). The van der Waals surface area contributed by atoms with E-state index in [-0.39, 0.29) is 26.2 Å². The van der Waals surface area contributed by atoms with E-state index in [1.165, 1.54) is 44.5 Å². The minimum Gasteiger partial charge on any atom is -0.114 e. The molecule has 2 aliphatic carbocycles. The molecule has 0 bridgehead atoms. The van der Waals surface area contributed by atoms with Gasteiger partial charge in [0, 0.05) is 26.2 Å². The van der Waals surface area contributed by atoms with Crippen molar-refractivity contribution in [2.24, 2.45) is 11.8 Å². The Kier molecular flexibility index (Phi) is 6.88. The van der Waals surface area contributed by atoms with Crippen molar-refractivity contribution in [1.82, 2.24) is 0 Å². The molecule has 4 heteroatoms. The van der Waals surface area contributed by atoms with Gasteiger partial charge in [0.25, 0.3) is 0 Å². The Morgan fingerprint density at radius 3 is 1.33 bits per heavy atom. The van der Waals surface area contributed by atoms with Crippen LogP contribution in [0.3, 0.4) is 0 Å². The van der Waals surface area contributed by atoms with Crippen molar-refractivity contribution in [2.45, 2.75) is 50.5 Å². The van der Waals surface area contributed by atoms with E-state index in [1.54, 1.807) is 0 Å². The van der Waals surface area contributed by atoms with Gasteiger partial charge >= 0.3 is 0 Å². The monoisotopic (exact) mass is 528 g/mol. The Morgan fingerprint density at radius 1 is 0.667 bits per heavy atom. The fourth-order valence-corrected chi connectivity index (χ4v) is 9.93. The predicted molar refractivity (Wildman–Crippen MR) is 129 cm³/mol. The quantitative estimate of drug-likeness (QED) is 0.280. The second kappa shape index (κ2) is 8.51. The van der Waals surface area contributed by atoms with E-state index < -0.39 is 8.99 Å². The van der Waals surface area contributed by atoms with Gasteiger partial charge in [-0.2, -0.15) is 0 Å². The molecule has 2 aliphatic rings. The van der Waals surface area contributed by atoms with Crippen molar-refractivity contribution in [3.63, 3.8) is 0 Å². The number of hydrogen-bond donors (Lipinski definition) is 0. The van der Waals surface area contributed by atoms with Crippen LogP contribution in [0, 0.1) is 11.8 Å². The maximum absolute atomic E-state index is 7.66. The van der Waals surface area contributed by atoms with Crippen LogP contribution in [0.2, 0.25) is 0 Å². The van der Waals surface area contributed by atoms with Crippen LogP contribution in [0.5, 0.6) is 0 Å². The smallest absolute Gasteiger partial charge is 0.114 e. The number of alkyl halides is 2. The fraction of sp³-hybridized carbons (Fsp3) is 0.385. The van der Waals surface area contributed by atoms with Crippen molar-refractivity contribution >= 4 is 43.9 Å². The molecule has 0 N–H and O–H groups in total. The number of rotatable bonds is 4. The van der Waals surface area contributed by atoms with Gasteiger partial charge in [-0.1, -0.05) is 76.2 Å². The molecule has 2 aromatic rings. The summed E-state index contributed by atoms with van der Waals surface area (Å²) in [4.78, 5) is 0. The van der Waals surface area contributed by atoms with Crippen LogP contribution in [0.1, 0.15) is 63.8 Å². The van der Waals surface area contributed by atoms with Crippen molar-refractivity contribution in [3.05, 3.63) is 81.9 Å². The first-order valence-electron chi connectivity index (χ1n) is 10.4. The fourth-order valence-electron chi connectivity index (χ4n) is 5.49. The minimum atomic E-state index is -0.575. The number of fused-ring (bicyclic) bond motifs is 2. The SMILES string of the molecule is CC1=C(C(C)C)C(Cl)([Si]C2(Cl)C(C(C)C)=C(C)c3ccccc32)c2ccccc21.[Zr]. The zero-order chi connectivity index (χ0) is 21.1. The summed E-state index contributed by atoms with van der Waals surface area (Å²) in [7, 11) is 0.313. The topological polar surface area (TPSA) is 0 Å². The van der Waals surface area contributed by atoms with Crippen LogP contribution < -0.4 is 0 Å². The Morgan fingerprint density at radius 2 is 1.00 bits per heavy atom. The summed E-state index contributed by atoms with van der Waals surface area (Å²) in [5.74, 6) is 0.716. The molecule has 154 valence electrons. The van der Waals surface area contributed by atoms with Crippen molar-refractivity contribution < 1.29 is 26.2 Å². The first-order valence-corrected chi connectivity index (χ1v) is 12.2. The van der Waals surface area contributed by atoms with E-state index in [0.29, 0.717) is 21.4 Å². The van der Waals surface area contributed by atoms with E-state index in [0.717, 1.165) is 0 Å². The molecule has 2 aromatic carbocycles. The molecule has 0 aliphatic heterocycles. The molecule has 0 amide bonds. The standard InChI is InChI=1S/C26H28Cl2Si.Zr/c1-15(2)23-17(5)19-11-7-9-13-21(19)25(23,27)29-26(28)22-14-10-8-12-20(22)18(6)24(26)16(3)4;/h7-16H,1-6H3;. The van der Waals surface area contributed by atoms with E-state index >= 15 is 0 Å². The number of benzene rings is 2. The molecule has 0 fully saturated rings. The summed E-state index contributed by atoms with van der Waals surface area (Å²) in [5, 5.41) is 0. The van der Waals surface area contributed by atoms with E-state index in [4.69, 9.17) is 23.2 Å². The minimum absolute atomic E-state index is 0. The third-order valence-corrected chi connectivity index (χ3v) is 9.60. The van der Waals surface area contributed by atoms with Gasteiger partial charge in [0.05, 0.1) is 8.99 Å². The molecular weight excluding hydrogens is 503 g/mol. The van der Waals surface area contributed by atoms with Gasteiger partial charge in [-0.3, -0.25) is 0 Å². The molecule has 0 spiro atoms. The molecule has 0 nitrogen and oxygen atoms in total. The average Bonchev–Trinajstić information content (AvgIpc) is 3.01. The van der Waals surface area contributed by atoms with Gasteiger partial charge < -0.3 is 0 Å². The van der Waals surface area contributed by atoms with Crippen molar-refractivity contribution in [2.75, 3.05) is 0 Å². The number of allylic oxidation sites excluding steroid dienone is 4. The molecule has 2 unspecified atom stereocenters. The summed E-state index contributed by atoms with van der Waals surface area (Å²) >= 11 is 15.3. The summed E-state index contributed by atoms with van der Waals surface area (Å²) in [6, 6.07) is 17.2. The zero-order valence-corrected chi connectivity index (χ0v) is 23.5. The van der Waals surface area contributed by atoms with Crippen LogP contribution in [0.4, 0.5) is 0 Å². The van der Waals surface area contributed by atoms with Crippen LogP contribution in [0.15, 0.2) is 59.7 Å². The van der Waals surface area contributed by atoms with Gasteiger partial charge in [-0.15, -0.1) is 23.2 Å². The average molecular weight is 531 g/mol. The van der Waals surface area contributed by atoms with Crippen molar-refractivity contribution in [3.8, 4) is 0 Å². The molecule has 0 saturated carbocycles. The molecular formula is C26H28Cl2SiZr. The second-order valence-corrected chi connectivity index (χ2v) is 12.4. The van der Waals surface area contributed by atoms with Gasteiger partial charge in [0.15, 0.2) is 0 Å². The molecule has 2 atom stereocenters. The van der Waals surface area contributed by atoms with Gasteiger partial charge in [-0.25, -0.2) is 0 Å². The summed E-state index contributed by atoms with van der Waals surface area (Å²) in [5.41, 5.74) is 10.3. The molecule has 0 saturated heterocycles. The van der Waals surface area contributed by atoms with E-state index in [9.17, 15) is 0 Å². The maximum Gasteiger partial charge on any atom is 0.118 e. The van der Waals surface area contributed by atoms with Crippen LogP contribution in [-0.2, 0) is 35.2 Å². The normalized spacial score (nSPS) is 25.1. The zero-order valence-electron chi connectivity index (χ0n) is 18.5. The number of hydrogen-bond acceptors (Lipinski definition) is 0. The van der Waals surface area contributed by atoms with Gasteiger partial charge in [0.1, 0.15) is 9.52 Å². The first-order chi connectivity index (χ1) is 13.6. The van der Waals surface area contributed by atoms with E-state index in [2.05, 4.69) is 90.1 Å².